The summed E-state index contributed by atoms with van der Waals surface area (Å²) >= 11 is 0. The largest absolute Gasteiger partial charge is 0.309 e. The van der Waals surface area contributed by atoms with Crippen molar-refractivity contribution in [1.29, 1.82) is 10.5 Å². The summed E-state index contributed by atoms with van der Waals surface area (Å²) < 4.78 is 4.47. The summed E-state index contributed by atoms with van der Waals surface area (Å²) in [6, 6.07) is 50.4. The van der Waals surface area contributed by atoms with Gasteiger partial charge in [-0.25, -0.2) is 0 Å². The number of benzene rings is 6. The molecule has 0 saturated carbocycles. The van der Waals surface area contributed by atoms with Crippen molar-refractivity contribution in [3.05, 3.63) is 145 Å². The summed E-state index contributed by atoms with van der Waals surface area (Å²) in [4.78, 5) is 0. The van der Waals surface area contributed by atoms with Crippen molar-refractivity contribution in [1.82, 2.24) is 9.13 Å². The van der Waals surface area contributed by atoms with E-state index < -0.39 is 0 Å². The molecule has 6 aromatic carbocycles. The minimum absolute atomic E-state index is 0.472. The number of hydrogen-bond donors (Lipinski definition) is 0. The van der Waals surface area contributed by atoms with Crippen molar-refractivity contribution in [3.63, 3.8) is 0 Å². The lowest BCUT2D eigenvalue weighted by atomic mass is 10.0. The van der Waals surface area contributed by atoms with Crippen molar-refractivity contribution in [3.8, 4) is 34.6 Å². The van der Waals surface area contributed by atoms with Gasteiger partial charge in [-0.05, 0) is 71.8 Å². The van der Waals surface area contributed by atoms with E-state index in [2.05, 4.69) is 118 Å². The minimum atomic E-state index is 0.472. The number of nitrogens with zero attached hydrogens (tertiary/aromatic N) is 4. The molecule has 0 aliphatic rings. The Kier molecular flexibility index (Phi) is 5.22. The van der Waals surface area contributed by atoms with Crippen LogP contribution < -0.4 is 0 Å². The van der Waals surface area contributed by atoms with E-state index in [4.69, 9.17) is 0 Å². The second-order valence-corrected chi connectivity index (χ2v) is 10.5. The summed E-state index contributed by atoms with van der Waals surface area (Å²) in [5, 5.41) is 24.0. The van der Waals surface area contributed by atoms with Crippen molar-refractivity contribution < 1.29 is 0 Å². The number of fused-ring (bicyclic) bond motifs is 6. The fourth-order valence-electron chi connectivity index (χ4n) is 6.31. The molecule has 4 nitrogen and oxygen atoms in total. The van der Waals surface area contributed by atoms with Crippen LogP contribution in [-0.2, 0) is 0 Å². The molecule has 0 N–H and O–H groups in total. The Labute approximate surface area is 242 Å². The van der Waals surface area contributed by atoms with E-state index >= 15 is 0 Å². The highest BCUT2D eigenvalue weighted by Gasteiger charge is 2.17. The predicted octanol–water partition coefficient (Wildman–Crippen LogP) is 9.29. The van der Waals surface area contributed by atoms with Crippen LogP contribution in [0.2, 0.25) is 0 Å². The number of hydrogen-bond acceptors (Lipinski definition) is 2. The summed E-state index contributed by atoms with van der Waals surface area (Å²) in [7, 11) is 0. The SMILES string of the molecule is N#Cc1ccc(-n2c3ccccc3c3cc(-c4ccc5c6ccccc6n(-c6ccccc6)c5c4)ccc32)c(C#N)c1. The first-order valence-electron chi connectivity index (χ1n) is 13.8. The molecule has 0 amide bonds. The van der Waals surface area contributed by atoms with Crippen LogP contribution in [0.15, 0.2) is 133 Å². The normalized spacial score (nSPS) is 11.3. The number of nitriles is 2. The molecule has 8 aromatic rings. The van der Waals surface area contributed by atoms with E-state index in [1.807, 2.05) is 24.3 Å². The zero-order valence-electron chi connectivity index (χ0n) is 22.5. The Bertz CT molecular complexity index is 2430. The van der Waals surface area contributed by atoms with Crippen LogP contribution in [0.5, 0.6) is 0 Å². The van der Waals surface area contributed by atoms with E-state index in [0.717, 1.165) is 44.3 Å². The third-order valence-corrected chi connectivity index (χ3v) is 8.18. The average molecular weight is 535 g/mol. The molecular formula is C38H22N4. The van der Waals surface area contributed by atoms with Gasteiger partial charge >= 0.3 is 0 Å². The monoisotopic (exact) mass is 534 g/mol. The lowest BCUT2D eigenvalue weighted by Gasteiger charge is -2.11. The zero-order chi connectivity index (χ0) is 28.2. The first-order valence-corrected chi connectivity index (χ1v) is 13.8. The summed E-state index contributed by atoms with van der Waals surface area (Å²) in [5.41, 5.74) is 9.49. The van der Waals surface area contributed by atoms with Crippen LogP contribution in [0.4, 0.5) is 0 Å². The first-order chi connectivity index (χ1) is 20.7. The highest BCUT2D eigenvalue weighted by molar-refractivity contribution is 6.12. The Hall–Kier alpha value is -6.10. The molecule has 8 rings (SSSR count). The van der Waals surface area contributed by atoms with Crippen molar-refractivity contribution in [2.24, 2.45) is 0 Å². The van der Waals surface area contributed by atoms with Crippen LogP contribution in [-0.4, -0.2) is 9.13 Å². The summed E-state index contributed by atoms with van der Waals surface area (Å²) in [6.07, 6.45) is 0. The van der Waals surface area contributed by atoms with Gasteiger partial charge < -0.3 is 9.13 Å². The van der Waals surface area contributed by atoms with E-state index in [9.17, 15) is 10.5 Å². The van der Waals surface area contributed by atoms with Gasteiger partial charge in [0.25, 0.3) is 0 Å². The second-order valence-electron chi connectivity index (χ2n) is 10.5. The van der Waals surface area contributed by atoms with Crippen molar-refractivity contribution in [2.45, 2.75) is 0 Å². The lowest BCUT2D eigenvalue weighted by molar-refractivity contribution is 1.16. The quantitative estimate of drug-likeness (QED) is 0.227. The molecular weight excluding hydrogens is 512 g/mol. The van der Waals surface area contributed by atoms with Gasteiger partial charge in [-0.3, -0.25) is 0 Å². The van der Waals surface area contributed by atoms with E-state index in [1.54, 1.807) is 12.1 Å². The maximum atomic E-state index is 9.94. The zero-order valence-corrected chi connectivity index (χ0v) is 22.5. The number of aromatic nitrogens is 2. The molecule has 0 bridgehead atoms. The fourth-order valence-corrected chi connectivity index (χ4v) is 6.31. The minimum Gasteiger partial charge on any atom is -0.309 e. The highest BCUT2D eigenvalue weighted by Crippen LogP contribution is 2.38. The molecule has 4 heteroatoms. The van der Waals surface area contributed by atoms with Gasteiger partial charge in [-0.2, -0.15) is 10.5 Å². The Morgan fingerprint density at radius 2 is 1.05 bits per heavy atom. The van der Waals surface area contributed by atoms with Crippen LogP contribution in [0.1, 0.15) is 11.1 Å². The first kappa shape index (κ1) is 23.8. The third-order valence-electron chi connectivity index (χ3n) is 8.18. The molecule has 42 heavy (non-hydrogen) atoms. The van der Waals surface area contributed by atoms with E-state index in [-0.39, 0.29) is 0 Å². The number of rotatable bonds is 3. The molecule has 0 aliphatic carbocycles. The molecule has 0 aliphatic heterocycles. The molecule has 0 spiro atoms. The maximum absolute atomic E-state index is 9.94. The van der Waals surface area contributed by atoms with Crippen LogP contribution >= 0.6 is 0 Å². The van der Waals surface area contributed by atoms with E-state index in [0.29, 0.717) is 11.1 Å². The average Bonchev–Trinajstić information content (AvgIpc) is 3.57. The van der Waals surface area contributed by atoms with Crippen LogP contribution in [0, 0.1) is 22.7 Å². The van der Waals surface area contributed by atoms with Crippen LogP contribution in [0.25, 0.3) is 66.1 Å². The van der Waals surface area contributed by atoms with Crippen molar-refractivity contribution >= 4 is 43.6 Å². The van der Waals surface area contributed by atoms with Crippen LogP contribution in [0.3, 0.4) is 0 Å². The Morgan fingerprint density at radius 1 is 0.429 bits per heavy atom. The highest BCUT2D eigenvalue weighted by atomic mass is 15.0. The summed E-state index contributed by atoms with van der Waals surface area (Å²) in [6.45, 7) is 0. The molecule has 0 fully saturated rings. The molecule has 0 unspecified atom stereocenters. The topological polar surface area (TPSA) is 57.4 Å². The molecule has 2 heterocycles. The Morgan fingerprint density at radius 3 is 1.81 bits per heavy atom. The second kappa shape index (κ2) is 9.24. The molecule has 194 valence electrons. The maximum Gasteiger partial charge on any atom is 0.101 e. The molecule has 2 aromatic heterocycles. The van der Waals surface area contributed by atoms with E-state index in [1.165, 1.54) is 21.8 Å². The molecule has 0 saturated heterocycles. The number of para-hydroxylation sites is 3. The smallest absolute Gasteiger partial charge is 0.101 e. The fraction of sp³-hybridized carbons (Fsp3) is 0. The van der Waals surface area contributed by atoms with Gasteiger partial charge in [-0.15, -0.1) is 0 Å². The Balaban J connectivity index is 1.37. The molecule has 0 radical (unpaired) electrons. The summed E-state index contributed by atoms with van der Waals surface area (Å²) in [5.74, 6) is 0. The lowest BCUT2D eigenvalue weighted by Crippen LogP contribution is -1.98. The molecule has 0 atom stereocenters. The van der Waals surface area contributed by atoms with Gasteiger partial charge in [0.1, 0.15) is 6.07 Å². The third kappa shape index (κ3) is 3.47. The van der Waals surface area contributed by atoms with Crippen molar-refractivity contribution in [2.75, 3.05) is 0 Å². The standard InChI is InChI=1S/C38H22N4/c39-23-25-14-18-34(28(20-25)24-40)42-36-13-7-5-11-31(36)33-21-26(16-19-37(33)42)27-15-17-32-30-10-4-6-12-35(30)41(38(32)22-27)29-8-2-1-3-9-29/h1-22H. The van der Waals surface area contributed by atoms with Gasteiger partial charge in [0.05, 0.1) is 45.0 Å². The van der Waals surface area contributed by atoms with Gasteiger partial charge in [0.15, 0.2) is 0 Å². The predicted molar refractivity (Wildman–Crippen MR) is 170 cm³/mol. The van der Waals surface area contributed by atoms with Gasteiger partial charge in [0, 0.05) is 27.2 Å². The van der Waals surface area contributed by atoms with Gasteiger partial charge in [0.2, 0.25) is 0 Å². The van der Waals surface area contributed by atoms with Gasteiger partial charge in [-0.1, -0.05) is 72.8 Å².